The lowest BCUT2D eigenvalue weighted by molar-refractivity contribution is 0.594. The number of nitrogens with zero attached hydrogens (tertiary/aromatic N) is 2. The first-order valence-electron chi connectivity index (χ1n) is 5.82. The van der Waals surface area contributed by atoms with E-state index < -0.39 is 10.0 Å². The van der Waals surface area contributed by atoms with E-state index in [1.54, 1.807) is 12.1 Å². The number of thiocarbonyl (C=S) groups is 1. The quantitative estimate of drug-likeness (QED) is 0.863. The zero-order chi connectivity index (χ0) is 15.6. The smallest absolute Gasteiger partial charge is 0.264 e. The van der Waals surface area contributed by atoms with Crippen LogP contribution in [0.2, 0.25) is 5.02 Å². The molecule has 1 aromatic heterocycles. The zero-order valence-corrected chi connectivity index (χ0v) is 13.4. The first kappa shape index (κ1) is 15.7. The van der Waals surface area contributed by atoms with E-state index in [4.69, 9.17) is 29.6 Å². The van der Waals surface area contributed by atoms with Crippen molar-refractivity contribution in [3.05, 3.63) is 53.3 Å². The highest BCUT2D eigenvalue weighted by atomic mass is 35.5. The third kappa shape index (κ3) is 3.15. The Morgan fingerprint density at radius 3 is 2.43 bits per heavy atom. The number of halogens is 1. The predicted octanol–water partition coefficient (Wildman–Crippen LogP) is 2.19. The van der Waals surface area contributed by atoms with Crippen molar-refractivity contribution in [2.24, 2.45) is 5.73 Å². The second kappa shape index (κ2) is 5.97. The van der Waals surface area contributed by atoms with Crippen LogP contribution in [0.3, 0.4) is 0 Å². The van der Waals surface area contributed by atoms with Crippen molar-refractivity contribution in [3.8, 4) is 0 Å². The number of benzene rings is 1. The monoisotopic (exact) mass is 341 g/mol. The highest BCUT2D eigenvalue weighted by molar-refractivity contribution is 7.92. The summed E-state index contributed by atoms with van der Waals surface area (Å²) in [7, 11) is -2.26. The summed E-state index contributed by atoms with van der Waals surface area (Å²) in [4.78, 5) is 4.04. The molecule has 110 valence electrons. The van der Waals surface area contributed by atoms with Gasteiger partial charge in [0.25, 0.3) is 10.0 Å². The molecule has 0 saturated heterocycles. The van der Waals surface area contributed by atoms with Crippen LogP contribution in [0.25, 0.3) is 0 Å². The van der Waals surface area contributed by atoms with Crippen molar-refractivity contribution in [2.75, 3.05) is 11.4 Å². The van der Waals surface area contributed by atoms with Gasteiger partial charge in [0.05, 0.1) is 15.6 Å². The molecule has 5 nitrogen and oxygen atoms in total. The van der Waals surface area contributed by atoms with E-state index in [1.165, 1.54) is 37.6 Å². The molecule has 2 rings (SSSR count). The second-order valence-corrected chi connectivity index (χ2v) is 7.00. The van der Waals surface area contributed by atoms with Crippen molar-refractivity contribution in [3.63, 3.8) is 0 Å². The van der Waals surface area contributed by atoms with Crippen LogP contribution in [0.15, 0.2) is 47.6 Å². The molecule has 1 heterocycles. The van der Waals surface area contributed by atoms with Crippen LogP contribution in [0, 0.1) is 0 Å². The van der Waals surface area contributed by atoms with Gasteiger partial charge in [-0.05, 0) is 30.3 Å². The standard InChI is InChI=1S/C13H12ClN3O2S2/c1-17(9-4-6-16-7-5-9)21(18,19)10-2-3-11(13(15)20)12(14)8-10/h2-8H,1H3,(H2,15,20). The van der Waals surface area contributed by atoms with E-state index in [0.29, 0.717) is 11.3 Å². The van der Waals surface area contributed by atoms with Gasteiger partial charge in [0, 0.05) is 25.0 Å². The number of nitrogens with two attached hydrogens (primary N) is 1. The lowest BCUT2D eigenvalue weighted by Crippen LogP contribution is -2.26. The predicted molar refractivity (Wildman–Crippen MR) is 87.2 cm³/mol. The Morgan fingerprint density at radius 1 is 1.29 bits per heavy atom. The summed E-state index contributed by atoms with van der Waals surface area (Å²) in [6.07, 6.45) is 3.04. The van der Waals surface area contributed by atoms with Crippen molar-refractivity contribution >= 4 is 44.5 Å². The first-order chi connectivity index (χ1) is 9.84. The van der Waals surface area contributed by atoms with Gasteiger partial charge in [-0.1, -0.05) is 23.8 Å². The Kier molecular flexibility index (Phi) is 4.46. The van der Waals surface area contributed by atoms with Gasteiger partial charge in [-0.3, -0.25) is 9.29 Å². The van der Waals surface area contributed by atoms with Crippen LogP contribution >= 0.6 is 23.8 Å². The number of sulfonamides is 1. The molecule has 0 spiro atoms. The summed E-state index contributed by atoms with van der Waals surface area (Å²) < 4.78 is 26.3. The maximum Gasteiger partial charge on any atom is 0.264 e. The summed E-state index contributed by atoms with van der Waals surface area (Å²) in [5, 5.41) is 0.201. The summed E-state index contributed by atoms with van der Waals surface area (Å²) >= 11 is 10.9. The van der Waals surface area contributed by atoms with Gasteiger partial charge < -0.3 is 5.73 Å². The van der Waals surface area contributed by atoms with E-state index in [9.17, 15) is 8.42 Å². The largest absolute Gasteiger partial charge is 0.389 e. The van der Waals surface area contributed by atoms with Crippen molar-refractivity contribution < 1.29 is 8.42 Å². The molecule has 0 atom stereocenters. The molecular formula is C13H12ClN3O2S2. The van der Waals surface area contributed by atoms with Gasteiger partial charge in [-0.2, -0.15) is 0 Å². The number of hydrogen-bond acceptors (Lipinski definition) is 4. The summed E-state index contributed by atoms with van der Waals surface area (Å²) in [6.45, 7) is 0. The molecule has 0 aliphatic carbocycles. The molecular weight excluding hydrogens is 330 g/mol. The second-order valence-electron chi connectivity index (χ2n) is 4.18. The molecule has 8 heteroatoms. The maximum atomic E-state index is 12.5. The fourth-order valence-electron chi connectivity index (χ4n) is 1.71. The average molecular weight is 342 g/mol. The molecule has 2 N–H and O–H groups in total. The Labute approximate surface area is 133 Å². The van der Waals surface area contributed by atoms with Crippen LogP contribution in [0.5, 0.6) is 0 Å². The van der Waals surface area contributed by atoms with Crippen LogP contribution in [-0.4, -0.2) is 25.4 Å². The Balaban J connectivity index is 2.45. The van der Waals surface area contributed by atoms with E-state index in [2.05, 4.69) is 4.98 Å². The third-order valence-electron chi connectivity index (χ3n) is 2.89. The highest BCUT2D eigenvalue weighted by Crippen LogP contribution is 2.25. The topological polar surface area (TPSA) is 76.3 Å². The number of rotatable bonds is 4. The normalized spacial score (nSPS) is 11.1. The van der Waals surface area contributed by atoms with Gasteiger partial charge in [-0.25, -0.2) is 8.42 Å². The van der Waals surface area contributed by atoms with Crippen LogP contribution in [0.4, 0.5) is 5.69 Å². The number of anilines is 1. The van der Waals surface area contributed by atoms with E-state index >= 15 is 0 Å². The Morgan fingerprint density at radius 2 is 1.90 bits per heavy atom. The summed E-state index contributed by atoms with van der Waals surface area (Å²) in [5.74, 6) is 0. The van der Waals surface area contributed by atoms with Crippen LogP contribution in [-0.2, 0) is 10.0 Å². The lowest BCUT2D eigenvalue weighted by atomic mass is 10.2. The van der Waals surface area contributed by atoms with Gasteiger partial charge in [0.2, 0.25) is 0 Å². The molecule has 0 radical (unpaired) electrons. The lowest BCUT2D eigenvalue weighted by Gasteiger charge is -2.19. The number of aromatic nitrogens is 1. The minimum Gasteiger partial charge on any atom is -0.389 e. The fraction of sp³-hybridized carbons (Fsp3) is 0.0769. The average Bonchev–Trinajstić information content (AvgIpc) is 2.46. The molecule has 0 aliphatic heterocycles. The zero-order valence-electron chi connectivity index (χ0n) is 11.0. The molecule has 0 amide bonds. The summed E-state index contributed by atoms with van der Waals surface area (Å²) in [5.41, 5.74) is 6.45. The molecule has 0 unspecified atom stereocenters. The Bertz CT molecular complexity index is 779. The molecule has 0 aliphatic rings. The van der Waals surface area contributed by atoms with E-state index in [0.717, 1.165) is 4.31 Å². The van der Waals surface area contributed by atoms with Gasteiger partial charge in [0.15, 0.2) is 0 Å². The first-order valence-corrected chi connectivity index (χ1v) is 8.05. The molecule has 0 fully saturated rings. The highest BCUT2D eigenvalue weighted by Gasteiger charge is 2.22. The molecule has 21 heavy (non-hydrogen) atoms. The molecule has 2 aromatic rings. The van der Waals surface area contributed by atoms with Gasteiger partial charge >= 0.3 is 0 Å². The van der Waals surface area contributed by atoms with Crippen molar-refractivity contribution in [1.82, 2.24) is 4.98 Å². The van der Waals surface area contributed by atoms with E-state index in [1.807, 2.05) is 0 Å². The Hall–Kier alpha value is -1.70. The van der Waals surface area contributed by atoms with Crippen LogP contribution < -0.4 is 10.0 Å². The van der Waals surface area contributed by atoms with Crippen molar-refractivity contribution in [2.45, 2.75) is 4.90 Å². The fourth-order valence-corrected chi connectivity index (χ4v) is 3.51. The minimum atomic E-state index is -3.72. The molecule has 0 bridgehead atoms. The van der Waals surface area contributed by atoms with Gasteiger partial charge in [0.1, 0.15) is 4.99 Å². The number of pyridine rings is 1. The number of hydrogen-bond donors (Lipinski definition) is 1. The minimum absolute atomic E-state index is 0.0619. The van der Waals surface area contributed by atoms with Crippen molar-refractivity contribution in [1.29, 1.82) is 0 Å². The third-order valence-corrected chi connectivity index (χ3v) is 5.20. The van der Waals surface area contributed by atoms with Crippen LogP contribution in [0.1, 0.15) is 5.56 Å². The molecule has 0 saturated carbocycles. The maximum absolute atomic E-state index is 12.5. The molecule has 1 aromatic carbocycles. The van der Waals surface area contributed by atoms with Gasteiger partial charge in [-0.15, -0.1) is 0 Å². The summed E-state index contributed by atoms with van der Waals surface area (Å²) in [6, 6.07) is 7.46. The van der Waals surface area contributed by atoms with E-state index in [-0.39, 0.29) is 14.9 Å². The SMILES string of the molecule is CN(c1ccncc1)S(=O)(=O)c1ccc(C(N)=S)c(Cl)c1.